The fourth-order valence-electron chi connectivity index (χ4n) is 1.72. The summed E-state index contributed by atoms with van der Waals surface area (Å²) in [6.45, 7) is 1.86. The molecule has 0 aliphatic rings. The van der Waals surface area contributed by atoms with Crippen LogP contribution in [0.3, 0.4) is 0 Å². The summed E-state index contributed by atoms with van der Waals surface area (Å²) < 4.78 is 0. The van der Waals surface area contributed by atoms with Gasteiger partial charge in [-0.25, -0.2) is 0 Å². The maximum Gasteiger partial charge on any atom is 0.269 e. The molecule has 0 radical (unpaired) electrons. The molecule has 0 unspecified atom stereocenters. The highest BCUT2D eigenvalue weighted by Crippen LogP contribution is 2.17. The molecule has 0 spiro atoms. The van der Waals surface area contributed by atoms with Gasteiger partial charge in [-0.05, 0) is 24.6 Å². The molecule has 0 bridgehead atoms. The van der Waals surface area contributed by atoms with Gasteiger partial charge in [0.25, 0.3) is 5.69 Å². The highest BCUT2D eigenvalue weighted by molar-refractivity contribution is 6.09. The Morgan fingerprint density at radius 1 is 1.06 bits per heavy atom. The van der Waals surface area contributed by atoms with Gasteiger partial charge in [0.1, 0.15) is 0 Å². The summed E-state index contributed by atoms with van der Waals surface area (Å²) in [5.74, 6) is -0.122. The first-order chi connectivity index (χ1) is 8.59. The van der Waals surface area contributed by atoms with E-state index in [1.165, 1.54) is 24.3 Å². The standard InChI is InChI=1S/C14H11NO3/c1-10-4-2-3-5-13(10)14(16)11-6-8-12(9-7-11)15(17)18/h2-9H,1H3. The zero-order valence-electron chi connectivity index (χ0n) is 9.79. The number of benzene rings is 2. The van der Waals surface area contributed by atoms with Crippen LogP contribution < -0.4 is 0 Å². The van der Waals surface area contributed by atoms with Crippen molar-refractivity contribution in [3.8, 4) is 0 Å². The average molecular weight is 241 g/mol. The van der Waals surface area contributed by atoms with Gasteiger partial charge in [-0.1, -0.05) is 24.3 Å². The second kappa shape index (κ2) is 4.79. The lowest BCUT2D eigenvalue weighted by molar-refractivity contribution is -0.384. The zero-order valence-corrected chi connectivity index (χ0v) is 9.79. The summed E-state index contributed by atoms with van der Waals surface area (Å²) in [7, 11) is 0. The van der Waals surface area contributed by atoms with E-state index in [4.69, 9.17) is 0 Å². The largest absolute Gasteiger partial charge is 0.289 e. The number of aryl methyl sites for hydroxylation is 1. The van der Waals surface area contributed by atoms with Gasteiger partial charge in [0.15, 0.2) is 5.78 Å². The molecule has 0 saturated carbocycles. The van der Waals surface area contributed by atoms with Gasteiger partial charge in [0.05, 0.1) is 4.92 Å². The first-order valence-corrected chi connectivity index (χ1v) is 5.44. The van der Waals surface area contributed by atoms with Crippen molar-refractivity contribution in [3.63, 3.8) is 0 Å². The van der Waals surface area contributed by atoms with Gasteiger partial charge in [-0.15, -0.1) is 0 Å². The van der Waals surface area contributed by atoms with E-state index in [9.17, 15) is 14.9 Å². The second-order valence-corrected chi connectivity index (χ2v) is 3.95. The van der Waals surface area contributed by atoms with Gasteiger partial charge < -0.3 is 0 Å². The second-order valence-electron chi connectivity index (χ2n) is 3.95. The quantitative estimate of drug-likeness (QED) is 0.471. The maximum atomic E-state index is 12.2. The molecular formula is C14H11NO3. The van der Waals surface area contributed by atoms with Crippen molar-refractivity contribution >= 4 is 11.5 Å². The van der Waals surface area contributed by atoms with E-state index < -0.39 is 4.92 Å². The van der Waals surface area contributed by atoms with E-state index in [1.54, 1.807) is 12.1 Å². The summed E-state index contributed by atoms with van der Waals surface area (Å²) in [6.07, 6.45) is 0. The predicted octanol–water partition coefficient (Wildman–Crippen LogP) is 3.13. The third-order valence-corrected chi connectivity index (χ3v) is 2.73. The third kappa shape index (κ3) is 2.27. The lowest BCUT2D eigenvalue weighted by Gasteiger charge is -2.04. The number of nitro benzene ring substituents is 1. The Bertz CT molecular complexity index is 603. The molecule has 0 aliphatic heterocycles. The van der Waals surface area contributed by atoms with Crippen LogP contribution in [-0.4, -0.2) is 10.7 Å². The van der Waals surface area contributed by atoms with E-state index in [2.05, 4.69) is 0 Å². The Balaban J connectivity index is 2.35. The minimum atomic E-state index is -0.484. The number of non-ortho nitro benzene ring substituents is 1. The first kappa shape index (κ1) is 12.0. The smallest absolute Gasteiger partial charge is 0.269 e. The van der Waals surface area contributed by atoms with Gasteiger partial charge >= 0.3 is 0 Å². The predicted molar refractivity (Wildman–Crippen MR) is 67.7 cm³/mol. The SMILES string of the molecule is Cc1ccccc1C(=O)c1ccc([N+](=O)[O-])cc1. The molecule has 0 aliphatic carbocycles. The molecule has 90 valence electrons. The minimum absolute atomic E-state index is 0.0173. The Morgan fingerprint density at radius 3 is 2.22 bits per heavy atom. The van der Waals surface area contributed by atoms with E-state index in [1.807, 2.05) is 19.1 Å². The van der Waals surface area contributed by atoms with Crippen LogP contribution in [0.25, 0.3) is 0 Å². The highest BCUT2D eigenvalue weighted by atomic mass is 16.6. The number of hydrogen-bond acceptors (Lipinski definition) is 3. The Hall–Kier alpha value is -2.49. The summed E-state index contributed by atoms with van der Waals surface area (Å²) in [6, 6.07) is 12.9. The normalized spacial score (nSPS) is 10.1. The molecule has 4 heteroatoms. The van der Waals surface area contributed by atoms with E-state index in [-0.39, 0.29) is 11.5 Å². The van der Waals surface area contributed by atoms with Crippen LogP contribution in [-0.2, 0) is 0 Å². The van der Waals surface area contributed by atoms with Crippen LogP contribution in [0.15, 0.2) is 48.5 Å². The molecule has 18 heavy (non-hydrogen) atoms. The molecule has 0 fully saturated rings. The molecule has 0 N–H and O–H groups in total. The Kier molecular flexibility index (Phi) is 3.19. The van der Waals surface area contributed by atoms with E-state index >= 15 is 0 Å². The number of nitro groups is 1. The van der Waals surface area contributed by atoms with Crippen molar-refractivity contribution in [2.75, 3.05) is 0 Å². The topological polar surface area (TPSA) is 60.2 Å². The fraction of sp³-hybridized carbons (Fsp3) is 0.0714. The van der Waals surface area contributed by atoms with Crippen LogP contribution >= 0.6 is 0 Å². The van der Waals surface area contributed by atoms with Gasteiger partial charge in [-0.3, -0.25) is 14.9 Å². The minimum Gasteiger partial charge on any atom is -0.289 e. The molecule has 2 aromatic rings. The van der Waals surface area contributed by atoms with Crippen LogP contribution in [0.5, 0.6) is 0 Å². The van der Waals surface area contributed by atoms with Gasteiger partial charge in [-0.2, -0.15) is 0 Å². The lowest BCUT2D eigenvalue weighted by atomic mass is 9.99. The average Bonchev–Trinajstić information content (AvgIpc) is 2.38. The van der Waals surface area contributed by atoms with Crippen LogP contribution in [0.2, 0.25) is 0 Å². The first-order valence-electron chi connectivity index (χ1n) is 5.44. The Morgan fingerprint density at radius 2 is 1.67 bits per heavy atom. The molecule has 0 atom stereocenters. The molecule has 0 aromatic heterocycles. The molecule has 2 aromatic carbocycles. The van der Waals surface area contributed by atoms with Crippen LogP contribution in [0.4, 0.5) is 5.69 Å². The van der Waals surface area contributed by atoms with Crippen LogP contribution in [0.1, 0.15) is 21.5 Å². The van der Waals surface area contributed by atoms with Gasteiger partial charge in [0.2, 0.25) is 0 Å². The monoisotopic (exact) mass is 241 g/mol. The molecule has 2 rings (SSSR count). The van der Waals surface area contributed by atoms with Crippen molar-refractivity contribution in [1.29, 1.82) is 0 Å². The fourth-order valence-corrected chi connectivity index (χ4v) is 1.72. The third-order valence-electron chi connectivity index (χ3n) is 2.73. The number of ketones is 1. The van der Waals surface area contributed by atoms with Crippen molar-refractivity contribution in [1.82, 2.24) is 0 Å². The summed E-state index contributed by atoms with van der Waals surface area (Å²) >= 11 is 0. The lowest BCUT2D eigenvalue weighted by Crippen LogP contribution is -2.03. The number of nitrogens with zero attached hydrogens (tertiary/aromatic N) is 1. The number of rotatable bonds is 3. The van der Waals surface area contributed by atoms with Gasteiger partial charge in [0, 0.05) is 23.3 Å². The highest BCUT2D eigenvalue weighted by Gasteiger charge is 2.12. The summed E-state index contributed by atoms with van der Waals surface area (Å²) in [4.78, 5) is 22.2. The number of hydrogen-bond donors (Lipinski definition) is 0. The molecule has 0 saturated heterocycles. The molecule has 4 nitrogen and oxygen atoms in total. The number of carbonyl (C=O) groups excluding carboxylic acids is 1. The molecule has 0 heterocycles. The Labute approximate surface area is 104 Å². The summed E-state index contributed by atoms with van der Waals surface area (Å²) in [5.41, 5.74) is 1.94. The van der Waals surface area contributed by atoms with Crippen LogP contribution in [0, 0.1) is 17.0 Å². The summed E-state index contributed by atoms with van der Waals surface area (Å²) in [5, 5.41) is 10.5. The van der Waals surface area contributed by atoms with Crippen molar-refractivity contribution in [2.45, 2.75) is 6.92 Å². The van der Waals surface area contributed by atoms with Crippen molar-refractivity contribution in [3.05, 3.63) is 75.3 Å². The van der Waals surface area contributed by atoms with E-state index in [0.29, 0.717) is 11.1 Å². The zero-order chi connectivity index (χ0) is 13.1. The van der Waals surface area contributed by atoms with E-state index in [0.717, 1.165) is 5.56 Å². The maximum absolute atomic E-state index is 12.2. The molecular weight excluding hydrogens is 230 g/mol. The molecule has 0 amide bonds. The number of carbonyl (C=O) groups is 1. The van der Waals surface area contributed by atoms with Crippen molar-refractivity contribution in [2.24, 2.45) is 0 Å². The van der Waals surface area contributed by atoms with Crippen molar-refractivity contribution < 1.29 is 9.72 Å².